The zero-order valence-corrected chi connectivity index (χ0v) is 11.4. The van der Waals surface area contributed by atoms with Gasteiger partial charge in [0, 0.05) is 5.41 Å². The van der Waals surface area contributed by atoms with Crippen LogP contribution >= 0.6 is 0 Å². The molecule has 104 valence electrons. The largest absolute Gasteiger partial charge is 0.493 e. The summed E-state index contributed by atoms with van der Waals surface area (Å²) < 4.78 is 23.9. The second-order valence-electron chi connectivity index (χ2n) is 5.62. The third-order valence-electron chi connectivity index (χ3n) is 3.52. The molecule has 0 bridgehead atoms. The molecule has 1 heterocycles. The lowest BCUT2D eigenvalue weighted by Gasteiger charge is -2.37. The summed E-state index contributed by atoms with van der Waals surface area (Å²) >= 11 is 0. The maximum absolute atomic E-state index is 12.9. The fourth-order valence-corrected chi connectivity index (χ4v) is 2.18. The van der Waals surface area contributed by atoms with Gasteiger partial charge in [0.1, 0.15) is 11.6 Å². The molecule has 1 saturated heterocycles. The van der Waals surface area contributed by atoms with Crippen LogP contribution in [0.25, 0.3) is 11.1 Å². The third kappa shape index (κ3) is 2.83. The molecule has 0 radical (unpaired) electrons. The fraction of sp³-hybridized carbons (Fsp3) is 0.294. The van der Waals surface area contributed by atoms with E-state index in [1.807, 2.05) is 24.3 Å². The summed E-state index contributed by atoms with van der Waals surface area (Å²) in [6, 6.07) is 14.4. The van der Waals surface area contributed by atoms with Crippen LogP contribution in [0.1, 0.15) is 6.92 Å². The van der Waals surface area contributed by atoms with Crippen LogP contribution in [0.5, 0.6) is 5.75 Å². The van der Waals surface area contributed by atoms with Crippen molar-refractivity contribution in [3.63, 3.8) is 0 Å². The van der Waals surface area contributed by atoms with Crippen molar-refractivity contribution in [1.82, 2.24) is 0 Å². The number of benzene rings is 2. The van der Waals surface area contributed by atoms with Crippen molar-refractivity contribution >= 4 is 0 Å². The normalized spacial score (nSPS) is 16.5. The maximum Gasteiger partial charge on any atom is 0.123 e. The van der Waals surface area contributed by atoms with Crippen LogP contribution in [0, 0.1) is 11.2 Å². The van der Waals surface area contributed by atoms with E-state index in [1.165, 1.54) is 12.1 Å². The van der Waals surface area contributed by atoms with Gasteiger partial charge in [-0.1, -0.05) is 31.2 Å². The Morgan fingerprint density at radius 1 is 1.00 bits per heavy atom. The van der Waals surface area contributed by atoms with Gasteiger partial charge in [-0.25, -0.2) is 4.39 Å². The molecule has 1 fully saturated rings. The zero-order chi connectivity index (χ0) is 14.0. The van der Waals surface area contributed by atoms with Crippen LogP contribution in [0.4, 0.5) is 4.39 Å². The summed E-state index contributed by atoms with van der Waals surface area (Å²) in [6.45, 7) is 4.35. The minimum absolute atomic E-state index is 0.148. The topological polar surface area (TPSA) is 18.5 Å². The molecular formula is C17H17FO2. The van der Waals surface area contributed by atoms with Gasteiger partial charge < -0.3 is 9.47 Å². The van der Waals surface area contributed by atoms with Crippen molar-refractivity contribution in [1.29, 1.82) is 0 Å². The van der Waals surface area contributed by atoms with E-state index in [-0.39, 0.29) is 11.2 Å². The van der Waals surface area contributed by atoms with Gasteiger partial charge in [-0.3, -0.25) is 0 Å². The molecule has 0 atom stereocenters. The minimum atomic E-state index is -0.218. The molecule has 3 rings (SSSR count). The molecular weight excluding hydrogens is 255 g/mol. The Morgan fingerprint density at radius 3 is 2.05 bits per heavy atom. The van der Waals surface area contributed by atoms with Crippen LogP contribution in [0.3, 0.4) is 0 Å². The lowest BCUT2D eigenvalue weighted by atomic mass is 9.90. The van der Waals surface area contributed by atoms with Crippen LogP contribution in [-0.2, 0) is 4.74 Å². The van der Waals surface area contributed by atoms with Crippen LogP contribution in [-0.4, -0.2) is 19.8 Å². The van der Waals surface area contributed by atoms with Crippen molar-refractivity contribution < 1.29 is 13.9 Å². The minimum Gasteiger partial charge on any atom is -0.493 e. The number of hydrogen-bond donors (Lipinski definition) is 0. The Kier molecular flexibility index (Phi) is 3.45. The summed E-state index contributed by atoms with van der Waals surface area (Å²) in [6.07, 6.45) is 0. The van der Waals surface area contributed by atoms with Crippen molar-refractivity contribution in [2.45, 2.75) is 6.92 Å². The molecule has 1 aliphatic rings. The predicted molar refractivity (Wildman–Crippen MR) is 76.3 cm³/mol. The van der Waals surface area contributed by atoms with Gasteiger partial charge >= 0.3 is 0 Å². The second kappa shape index (κ2) is 5.25. The van der Waals surface area contributed by atoms with Crippen molar-refractivity contribution in [2.24, 2.45) is 5.41 Å². The Morgan fingerprint density at radius 2 is 1.55 bits per heavy atom. The molecule has 0 N–H and O–H groups in total. The summed E-state index contributed by atoms with van der Waals surface area (Å²) in [5, 5.41) is 0. The SMILES string of the molecule is CC1(COc2ccc(-c3ccc(F)cc3)cc2)COC1. The number of halogens is 1. The Hall–Kier alpha value is -1.87. The van der Waals surface area contributed by atoms with Gasteiger partial charge in [0.15, 0.2) is 0 Å². The highest BCUT2D eigenvalue weighted by atomic mass is 19.1. The standard InChI is InChI=1S/C17H17FO2/c1-17(10-19-11-17)12-20-16-8-4-14(5-9-16)13-2-6-15(18)7-3-13/h2-9H,10-12H2,1H3. The monoisotopic (exact) mass is 272 g/mol. The molecule has 0 amide bonds. The molecule has 0 saturated carbocycles. The van der Waals surface area contributed by atoms with Gasteiger partial charge in [-0.15, -0.1) is 0 Å². The molecule has 1 aliphatic heterocycles. The third-order valence-corrected chi connectivity index (χ3v) is 3.52. The molecule has 0 aliphatic carbocycles. The highest BCUT2D eigenvalue weighted by molar-refractivity contribution is 5.63. The van der Waals surface area contributed by atoms with Gasteiger partial charge in [0.25, 0.3) is 0 Å². The lowest BCUT2D eigenvalue weighted by Crippen LogP contribution is -2.44. The summed E-state index contributed by atoms with van der Waals surface area (Å²) in [7, 11) is 0. The first-order chi connectivity index (χ1) is 9.65. The first kappa shape index (κ1) is 13.1. The summed E-state index contributed by atoms with van der Waals surface area (Å²) in [5.74, 6) is 0.633. The van der Waals surface area contributed by atoms with E-state index < -0.39 is 0 Å². The van der Waals surface area contributed by atoms with Gasteiger partial charge in [0.05, 0.1) is 19.8 Å². The maximum atomic E-state index is 12.9. The van der Waals surface area contributed by atoms with Crippen molar-refractivity contribution in [3.05, 3.63) is 54.3 Å². The summed E-state index contributed by atoms with van der Waals surface area (Å²) in [5.41, 5.74) is 2.20. The zero-order valence-electron chi connectivity index (χ0n) is 11.4. The van der Waals surface area contributed by atoms with E-state index in [0.29, 0.717) is 6.61 Å². The van der Waals surface area contributed by atoms with E-state index in [9.17, 15) is 4.39 Å². The van der Waals surface area contributed by atoms with E-state index in [2.05, 4.69) is 6.92 Å². The Balaban J connectivity index is 1.66. The smallest absolute Gasteiger partial charge is 0.123 e. The molecule has 2 aromatic rings. The van der Waals surface area contributed by atoms with Gasteiger partial charge in [-0.05, 0) is 35.4 Å². The first-order valence-corrected chi connectivity index (χ1v) is 6.71. The van der Waals surface area contributed by atoms with E-state index >= 15 is 0 Å². The molecule has 0 aromatic heterocycles. The lowest BCUT2D eigenvalue weighted by molar-refractivity contribution is -0.120. The van der Waals surface area contributed by atoms with Crippen LogP contribution < -0.4 is 4.74 Å². The highest BCUT2D eigenvalue weighted by Crippen LogP contribution is 2.28. The van der Waals surface area contributed by atoms with E-state index in [1.54, 1.807) is 12.1 Å². The Bertz CT molecular complexity index is 571. The molecule has 2 aromatic carbocycles. The quantitative estimate of drug-likeness (QED) is 0.840. The van der Waals surface area contributed by atoms with Gasteiger partial charge in [0.2, 0.25) is 0 Å². The number of ether oxygens (including phenoxy) is 2. The van der Waals surface area contributed by atoms with E-state index in [4.69, 9.17) is 9.47 Å². The van der Waals surface area contributed by atoms with Crippen LogP contribution in [0.2, 0.25) is 0 Å². The Labute approximate surface area is 118 Å². The molecule has 0 unspecified atom stereocenters. The van der Waals surface area contributed by atoms with Gasteiger partial charge in [-0.2, -0.15) is 0 Å². The number of rotatable bonds is 4. The van der Waals surface area contributed by atoms with Crippen molar-refractivity contribution in [3.8, 4) is 16.9 Å². The number of hydrogen-bond acceptors (Lipinski definition) is 2. The van der Waals surface area contributed by atoms with Crippen molar-refractivity contribution in [2.75, 3.05) is 19.8 Å². The average Bonchev–Trinajstić information content (AvgIpc) is 2.45. The molecule has 20 heavy (non-hydrogen) atoms. The molecule has 2 nitrogen and oxygen atoms in total. The highest BCUT2D eigenvalue weighted by Gasteiger charge is 2.34. The first-order valence-electron chi connectivity index (χ1n) is 6.71. The second-order valence-corrected chi connectivity index (χ2v) is 5.62. The fourth-order valence-electron chi connectivity index (χ4n) is 2.18. The average molecular weight is 272 g/mol. The van der Waals surface area contributed by atoms with Crippen LogP contribution in [0.15, 0.2) is 48.5 Å². The van der Waals surface area contributed by atoms with E-state index in [0.717, 1.165) is 30.1 Å². The summed E-state index contributed by atoms with van der Waals surface area (Å²) in [4.78, 5) is 0. The molecule has 3 heteroatoms. The molecule has 0 spiro atoms. The predicted octanol–water partition coefficient (Wildman–Crippen LogP) is 3.91.